The molecule has 5 heteroatoms. The van der Waals surface area contributed by atoms with Crippen molar-refractivity contribution in [3.05, 3.63) is 23.8 Å². The molecule has 2 fully saturated rings. The van der Waals surface area contributed by atoms with E-state index in [1.807, 2.05) is 6.07 Å². The van der Waals surface area contributed by atoms with Crippen LogP contribution in [0.1, 0.15) is 56.9 Å². The summed E-state index contributed by atoms with van der Waals surface area (Å²) in [5.74, 6) is 2.03. The summed E-state index contributed by atoms with van der Waals surface area (Å²) >= 11 is 0. The molecule has 0 spiro atoms. The van der Waals surface area contributed by atoms with Crippen molar-refractivity contribution < 1.29 is 19.0 Å². The van der Waals surface area contributed by atoms with E-state index >= 15 is 0 Å². The Morgan fingerprint density at radius 1 is 1.04 bits per heavy atom. The predicted molar refractivity (Wildman–Crippen MR) is 98.5 cm³/mol. The minimum atomic E-state index is -0.0837. The first-order valence-electron chi connectivity index (χ1n) is 10.0. The third-order valence-electron chi connectivity index (χ3n) is 6.26. The molecule has 0 aromatic heterocycles. The summed E-state index contributed by atoms with van der Waals surface area (Å²) in [6, 6.07) is 6.20. The van der Waals surface area contributed by atoms with Gasteiger partial charge in [-0.05, 0) is 43.4 Å². The largest absolute Gasteiger partial charge is 0.454 e. The van der Waals surface area contributed by atoms with Gasteiger partial charge in [-0.2, -0.15) is 0 Å². The molecule has 1 saturated carbocycles. The van der Waals surface area contributed by atoms with Crippen LogP contribution >= 0.6 is 0 Å². The van der Waals surface area contributed by atoms with Gasteiger partial charge in [-0.25, -0.2) is 0 Å². The monoisotopic (exact) mass is 359 g/mol. The molecule has 1 aliphatic carbocycles. The van der Waals surface area contributed by atoms with Crippen molar-refractivity contribution in [2.45, 2.75) is 56.8 Å². The van der Waals surface area contributed by atoms with Gasteiger partial charge in [-0.15, -0.1) is 0 Å². The summed E-state index contributed by atoms with van der Waals surface area (Å²) in [6.45, 7) is 2.42. The van der Waals surface area contributed by atoms with Crippen LogP contribution in [-0.2, 0) is 14.9 Å². The van der Waals surface area contributed by atoms with Crippen LogP contribution in [0.4, 0.5) is 0 Å². The smallest absolute Gasteiger partial charge is 0.231 e. The number of carbonyl (C=O) groups excluding carboxylic acids is 1. The van der Waals surface area contributed by atoms with E-state index in [1.165, 1.54) is 31.2 Å². The van der Waals surface area contributed by atoms with Crippen molar-refractivity contribution in [2.24, 2.45) is 5.92 Å². The number of rotatable bonds is 4. The van der Waals surface area contributed by atoms with E-state index in [1.54, 1.807) is 0 Å². The van der Waals surface area contributed by atoms with E-state index in [-0.39, 0.29) is 24.0 Å². The molecule has 3 aliphatic rings. The Kier molecular flexibility index (Phi) is 5.34. The minimum absolute atomic E-state index is 0.0837. The topological polar surface area (TPSA) is 56.8 Å². The molecule has 0 bridgehead atoms. The van der Waals surface area contributed by atoms with Crippen molar-refractivity contribution in [3.8, 4) is 11.5 Å². The van der Waals surface area contributed by atoms with Gasteiger partial charge < -0.3 is 19.5 Å². The molecule has 0 unspecified atom stereocenters. The number of hydrogen-bond donors (Lipinski definition) is 1. The molecule has 4 rings (SSSR count). The van der Waals surface area contributed by atoms with Gasteiger partial charge in [-0.1, -0.05) is 31.7 Å². The van der Waals surface area contributed by atoms with Crippen LogP contribution in [0.25, 0.3) is 0 Å². The summed E-state index contributed by atoms with van der Waals surface area (Å²) in [6.07, 6.45) is 8.79. The fourth-order valence-electron chi connectivity index (χ4n) is 4.50. The molecule has 1 aromatic rings. The first-order chi connectivity index (χ1) is 12.8. The lowest BCUT2D eigenvalue weighted by Crippen LogP contribution is -2.46. The Labute approximate surface area is 155 Å². The summed E-state index contributed by atoms with van der Waals surface area (Å²) in [7, 11) is 0. The molecular weight excluding hydrogens is 330 g/mol. The Morgan fingerprint density at radius 3 is 2.54 bits per heavy atom. The molecule has 26 heavy (non-hydrogen) atoms. The predicted octanol–water partition coefficient (Wildman–Crippen LogP) is 3.55. The molecule has 1 saturated heterocycles. The zero-order valence-electron chi connectivity index (χ0n) is 15.4. The van der Waals surface area contributed by atoms with Gasteiger partial charge >= 0.3 is 0 Å². The van der Waals surface area contributed by atoms with Gasteiger partial charge in [-0.3, -0.25) is 4.79 Å². The quantitative estimate of drug-likeness (QED) is 0.836. The summed E-state index contributed by atoms with van der Waals surface area (Å²) in [4.78, 5) is 12.8. The molecule has 0 atom stereocenters. The van der Waals surface area contributed by atoms with Crippen LogP contribution in [0.15, 0.2) is 18.2 Å². The van der Waals surface area contributed by atoms with Gasteiger partial charge in [0.2, 0.25) is 12.7 Å². The Morgan fingerprint density at radius 2 is 1.77 bits per heavy atom. The van der Waals surface area contributed by atoms with Crippen LogP contribution in [0.5, 0.6) is 11.5 Å². The second-order valence-electron chi connectivity index (χ2n) is 7.87. The third-order valence-corrected chi connectivity index (χ3v) is 6.26. The minimum Gasteiger partial charge on any atom is -0.454 e. The van der Waals surface area contributed by atoms with Crippen LogP contribution < -0.4 is 14.8 Å². The maximum Gasteiger partial charge on any atom is 0.231 e. The van der Waals surface area contributed by atoms with Gasteiger partial charge in [0, 0.05) is 31.1 Å². The molecular formula is C21H29NO4. The highest BCUT2D eigenvalue weighted by Crippen LogP contribution is 2.40. The number of carbonyl (C=O) groups is 1. The highest BCUT2D eigenvalue weighted by atomic mass is 16.7. The molecule has 5 nitrogen and oxygen atoms in total. The molecule has 142 valence electrons. The number of benzene rings is 1. The normalized spacial score (nSPS) is 22.6. The number of nitrogens with one attached hydrogen (secondary N) is 1. The Balaban J connectivity index is 1.48. The lowest BCUT2D eigenvalue weighted by Gasteiger charge is -2.38. The van der Waals surface area contributed by atoms with Crippen molar-refractivity contribution >= 4 is 5.91 Å². The lowest BCUT2D eigenvalue weighted by molar-refractivity contribution is -0.125. The van der Waals surface area contributed by atoms with Crippen LogP contribution in [0, 0.1) is 5.92 Å². The maximum atomic E-state index is 12.8. The van der Waals surface area contributed by atoms with E-state index < -0.39 is 0 Å². The number of amides is 1. The highest BCUT2D eigenvalue weighted by molar-refractivity contribution is 5.78. The van der Waals surface area contributed by atoms with E-state index in [2.05, 4.69) is 17.4 Å². The van der Waals surface area contributed by atoms with Crippen molar-refractivity contribution in [2.75, 3.05) is 26.6 Å². The van der Waals surface area contributed by atoms with E-state index in [0.29, 0.717) is 6.54 Å². The first kappa shape index (κ1) is 17.7. The first-order valence-corrected chi connectivity index (χ1v) is 10.0. The summed E-state index contributed by atoms with van der Waals surface area (Å²) in [5.41, 5.74) is 1.13. The van der Waals surface area contributed by atoms with Crippen molar-refractivity contribution in [1.29, 1.82) is 0 Å². The average Bonchev–Trinajstić information content (AvgIpc) is 2.98. The Bertz CT molecular complexity index is 631. The van der Waals surface area contributed by atoms with E-state index in [0.717, 1.165) is 50.4 Å². The van der Waals surface area contributed by atoms with E-state index in [9.17, 15) is 4.79 Å². The average molecular weight is 359 g/mol. The van der Waals surface area contributed by atoms with Crippen LogP contribution in [-0.4, -0.2) is 32.5 Å². The second kappa shape index (κ2) is 7.87. The summed E-state index contributed by atoms with van der Waals surface area (Å²) < 4.78 is 16.6. The van der Waals surface area contributed by atoms with Crippen LogP contribution in [0.2, 0.25) is 0 Å². The van der Waals surface area contributed by atoms with Gasteiger partial charge in [0.1, 0.15) is 0 Å². The second-order valence-corrected chi connectivity index (χ2v) is 7.87. The molecule has 1 aromatic carbocycles. The fourth-order valence-corrected chi connectivity index (χ4v) is 4.50. The number of fused-ring (bicyclic) bond motifs is 1. The van der Waals surface area contributed by atoms with Crippen molar-refractivity contribution in [1.82, 2.24) is 5.32 Å². The van der Waals surface area contributed by atoms with Gasteiger partial charge in [0.05, 0.1) is 0 Å². The van der Waals surface area contributed by atoms with Crippen molar-refractivity contribution in [3.63, 3.8) is 0 Å². The van der Waals surface area contributed by atoms with E-state index in [4.69, 9.17) is 14.2 Å². The molecule has 1 amide bonds. The fraction of sp³-hybridized carbons (Fsp3) is 0.667. The third kappa shape index (κ3) is 3.68. The van der Waals surface area contributed by atoms with Gasteiger partial charge in [0.25, 0.3) is 0 Å². The SMILES string of the molecule is O=C(NCC1(c2ccc3c(c2)OCO3)CCOCC1)C1CCCCCC1. The summed E-state index contributed by atoms with van der Waals surface area (Å²) in [5, 5.41) is 3.29. The zero-order valence-corrected chi connectivity index (χ0v) is 15.4. The highest BCUT2D eigenvalue weighted by Gasteiger charge is 2.36. The Hall–Kier alpha value is -1.75. The molecule has 2 aliphatic heterocycles. The number of ether oxygens (including phenoxy) is 3. The lowest BCUT2D eigenvalue weighted by atomic mass is 9.74. The maximum absolute atomic E-state index is 12.8. The standard InChI is InChI=1S/C21H29NO4/c23-20(16-5-3-1-2-4-6-16)22-14-21(9-11-24-12-10-21)17-7-8-18-19(13-17)26-15-25-18/h7-8,13,16H,1-6,9-12,14-15H2,(H,22,23). The zero-order chi connectivity index (χ0) is 17.8. The number of hydrogen-bond acceptors (Lipinski definition) is 4. The van der Waals surface area contributed by atoms with Gasteiger partial charge in [0.15, 0.2) is 11.5 Å². The molecule has 2 heterocycles. The van der Waals surface area contributed by atoms with Crippen LogP contribution in [0.3, 0.4) is 0 Å². The molecule has 1 N–H and O–H groups in total. The molecule has 0 radical (unpaired) electrons.